The average molecular weight is 522 g/mol. The summed E-state index contributed by atoms with van der Waals surface area (Å²) >= 11 is 3.49. The zero-order valence-electron chi connectivity index (χ0n) is 17.8. The Morgan fingerprint density at radius 1 is 0.759 bits per heavy atom. The van der Waals surface area contributed by atoms with Crippen molar-refractivity contribution in [2.45, 2.75) is 40.8 Å². The standard InChI is InChI=1S/C23H28PSi.3ClH.Cr/c1-18-19(2)23(3,4)17-22(18)25(5,6)24(20-13-9-7-10-14-20)21-15-11-8-12-16-21;;;;/h7-16H,1-6H3;3*1H;/q;;;;+3/p-3. The third-order valence-electron chi connectivity index (χ3n) is 5.87. The topological polar surface area (TPSA) is 0 Å². The molecule has 0 spiro atoms. The largest absolute Gasteiger partial charge is 1.00 e. The van der Waals surface area contributed by atoms with Gasteiger partial charge in [-0.05, 0) is 0 Å². The third-order valence-corrected chi connectivity index (χ3v) is 17.5. The van der Waals surface area contributed by atoms with Crippen LogP contribution in [0.1, 0.15) is 27.7 Å². The van der Waals surface area contributed by atoms with E-state index in [1.165, 1.54) is 26.2 Å². The average Bonchev–Trinajstić information content (AvgIpc) is 2.77. The Hall–Kier alpha value is -0.0306. The summed E-state index contributed by atoms with van der Waals surface area (Å²) < 4.78 is 1.48. The Morgan fingerprint density at radius 2 is 1.14 bits per heavy atom. The zero-order valence-corrected chi connectivity index (χ0v) is 23.2. The SMILES string of the molecule is CC1=C(C)C(C)(C)[C]([Cr+3])=C1[Si](C)(C)P(c1ccccc1)c1ccccc1.[Cl-].[Cl-].[Cl-]. The first-order valence-corrected chi connectivity index (χ1v) is 15.0. The molecule has 0 unspecified atom stereocenters. The van der Waals surface area contributed by atoms with E-state index < -0.39 is 15.2 Å². The maximum atomic E-state index is 3.49. The van der Waals surface area contributed by atoms with Crippen LogP contribution in [0.4, 0.5) is 0 Å². The summed E-state index contributed by atoms with van der Waals surface area (Å²) in [5.41, 5.74) is 3.19. The molecule has 0 fully saturated rings. The van der Waals surface area contributed by atoms with Crippen LogP contribution >= 0.6 is 7.47 Å². The molecule has 0 saturated heterocycles. The van der Waals surface area contributed by atoms with E-state index in [0.717, 1.165) is 0 Å². The molecule has 0 bridgehead atoms. The Balaban J connectivity index is 0.00000261. The monoisotopic (exact) mass is 520 g/mol. The van der Waals surface area contributed by atoms with Crippen LogP contribution in [0.5, 0.6) is 0 Å². The predicted molar refractivity (Wildman–Crippen MR) is 116 cm³/mol. The van der Waals surface area contributed by atoms with Gasteiger partial charge in [0.05, 0.1) is 0 Å². The van der Waals surface area contributed by atoms with Gasteiger partial charge in [0.25, 0.3) is 0 Å². The van der Waals surface area contributed by atoms with Gasteiger partial charge in [0.1, 0.15) is 0 Å². The Morgan fingerprint density at radius 3 is 1.45 bits per heavy atom. The summed E-state index contributed by atoms with van der Waals surface area (Å²) in [7, 11) is -2.17. The summed E-state index contributed by atoms with van der Waals surface area (Å²) in [6, 6.07) is 22.4. The molecule has 29 heavy (non-hydrogen) atoms. The van der Waals surface area contributed by atoms with E-state index in [-0.39, 0.29) is 42.6 Å². The maximum Gasteiger partial charge on any atom is -1.00 e. The maximum absolute atomic E-state index is 3.49. The fraction of sp³-hybridized carbons (Fsp3) is 0.304. The van der Waals surface area contributed by atoms with Crippen LogP contribution in [0.25, 0.3) is 0 Å². The fourth-order valence-electron chi connectivity index (χ4n) is 4.11. The molecule has 0 heterocycles. The van der Waals surface area contributed by atoms with Crippen LogP contribution in [-0.4, -0.2) is 7.74 Å². The quantitative estimate of drug-likeness (QED) is 0.298. The van der Waals surface area contributed by atoms with E-state index in [2.05, 4.69) is 118 Å². The summed E-state index contributed by atoms with van der Waals surface area (Å²) in [5, 5.41) is 4.65. The molecule has 0 aliphatic heterocycles. The van der Waals surface area contributed by atoms with Crippen molar-refractivity contribution < 1.29 is 53.5 Å². The number of allylic oxidation sites excluding steroid dienone is 4. The summed E-state index contributed by atoms with van der Waals surface area (Å²) in [4.78, 5) is 0. The van der Waals surface area contributed by atoms with Crippen molar-refractivity contribution >= 4 is 25.8 Å². The molecule has 0 atom stereocenters. The van der Waals surface area contributed by atoms with Gasteiger partial charge in [-0.3, -0.25) is 0 Å². The Bertz CT molecular complexity index is 838. The van der Waals surface area contributed by atoms with E-state index in [0.29, 0.717) is 0 Å². The van der Waals surface area contributed by atoms with Crippen molar-refractivity contribution in [3.8, 4) is 0 Å². The summed E-state index contributed by atoms with van der Waals surface area (Å²) in [6.07, 6.45) is 0. The van der Waals surface area contributed by atoms with Crippen molar-refractivity contribution in [1.29, 1.82) is 0 Å². The van der Waals surface area contributed by atoms with Gasteiger partial charge < -0.3 is 37.2 Å². The molecule has 0 aromatic heterocycles. The van der Waals surface area contributed by atoms with Gasteiger partial charge >= 0.3 is 170 Å². The molecule has 2 aromatic rings. The van der Waals surface area contributed by atoms with Crippen LogP contribution < -0.4 is 47.8 Å². The first-order chi connectivity index (χ1) is 12.2. The first-order valence-electron chi connectivity index (χ1n) is 9.20. The van der Waals surface area contributed by atoms with Gasteiger partial charge in [-0.1, -0.05) is 0 Å². The van der Waals surface area contributed by atoms with Crippen molar-refractivity contribution in [3.63, 3.8) is 0 Å². The van der Waals surface area contributed by atoms with Gasteiger partial charge in [0.2, 0.25) is 0 Å². The Kier molecular flexibility index (Phi) is 11.0. The van der Waals surface area contributed by atoms with Gasteiger partial charge in [0, 0.05) is 0 Å². The molecule has 1 aliphatic carbocycles. The molecule has 156 valence electrons. The molecule has 0 radical (unpaired) electrons. The molecule has 0 saturated carbocycles. The molecule has 0 amide bonds. The molecule has 0 nitrogen and oxygen atoms in total. The Labute approximate surface area is 205 Å². The molecule has 1 aliphatic rings. The number of hydrogen-bond donors (Lipinski definition) is 0. The van der Waals surface area contributed by atoms with Gasteiger partial charge in [-0.15, -0.1) is 0 Å². The van der Waals surface area contributed by atoms with Crippen LogP contribution in [-0.2, 0) is 16.3 Å². The van der Waals surface area contributed by atoms with Crippen LogP contribution in [0.3, 0.4) is 0 Å². The van der Waals surface area contributed by atoms with E-state index in [9.17, 15) is 0 Å². The number of rotatable bonds is 4. The normalized spacial score (nSPS) is 15.5. The minimum atomic E-state index is -1.78. The zero-order chi connectivity index (χ0) is 19.1. The molecule has 0 N–H and O–H groups in total. The van der Waals surface area contributed by atoms with Gasteiger partial charge in [0.15, 0.2) is 0 Å². The fourth-order valence-corrected chi connectivity index (χ4v) is 17.2. The summed E-state index contributed by atoms with van der Waals surface area (Å²) in [6.45, 7) is 14.5. The van der Waals surface area contributed by atoms with Crippen LogP contribution in [0.15, 0.2) is 81.4 Å². The first kappa shape index (κ1) is 29.0. The van der Waals surface area contributed by atoms with Crippen molar-refractivity contribution in [2.24, 2.45) is 5.41 Å². The third kappa shape index (κ3) is 5.25. The van der Waals surface area contributed by atoms with E-state index in [1.54, 1.807) is 5.20 Å². The van der Waals surface area contributed by atoms with Gasteiger partial charge in [-0.25, -0.2) is 0 Å². The second-order valence-corrected chi connectivity index (χ2v) is 18.8. The smallest absolute Gasteiger partial charge is 1.00 e. The van der Waals surface area contributed by atoms with E-state index in [1.807, 2.05) is 0 Å². The molecular formula is C23H28Cl3CrPSi. The van der Waals surface area contributed by atoms with E-state index >= 15 is 0 Å². The minimum Gasteiger partial charge on any atom is -1.00 e. The van der Waals surface area contributed by atoms with Crippen molar-refractivity contribution in [2.75, 3.05) is 0 Å². The molecule has 2 aromatic carbocycles. The number of hydrogen-bond acceptors (Lipinski definition) is 0. The molecular weight excluding hydrogens is 494 g/mol. The molecule has 3 rings (SSSR count). The number of halogens is 3. The van der Waals surface area contributed by atoms with Crippen LogP contribution in [0.2, 0.25) is 13.1 Å². The second-order valence-electron chi connectivity index (χ2n) is 8.14. The molecule has 6 heteroatoms. The van der Waals surface area contributed by atoms with Crippen molar-refractivity contribution in [3.05, 3.63) is 81.4 Å². The van der Waals surface area contributed by atoms with Crippen LogP contribution in [0, 0.1) is 5.41 Å². The number of benzene rings is 2. The second kappa shape index (κ2) is 11.0. The predicted octanol–water partition coefficient (Wildman–Crippen LogP) is -2.95. The summed E-state index contributed by atoms with van der Waals surface area (Å²) in [5.74, 6) is 0. The van der Waals surface area contributed by atoms with E-state index in [4.69, 9.17) is 0 Å². The van der Waals surface area contributed by atoms with Crippen molar-refractivity contribution in [1.82, 2.24) is 0 Å². The van der Waals surface area contributed by atoms with Gasteiger partial charge in [-0.2, -0.15) is 0 Å². The minimum absolute atomic E-state index is 0.